The van der Waals surface area contributed by atoms with Crippen LogP contribution in [0.25, 0.3) is 11.4 Å². The van der Waals surface area contributed by atoms with Crippen LogP contribution in [0.1, 0.15) is 45.9 Å². The molecule has 25 heavy (non-hydrogen) atoms. The maximum atomic E-state index is 13.4. The first-order chi connectivity index (χ1) is 12.2. The van der Waals surface area contributed by atoms with Crippen molar-refractivity contribution >= 4 is 17.2 Å². The maximum absolute atomic E-state index is 13.4. The number of carbonyl (C=O) groups excluding carboxylic acids is 1. The molecule has 0 saturated carbocycles. The van der Waals surface area contributed by atoms with Gasteiger partial charge in [-0.2, -0.15) is 0 Å². The van der Waals surface area contributed by atoms with E-state index in [0.29, 0.717) is 22.7 Å². The fraction of sp³-hybridized carbons (Fsp3) is 0.316. The Morgan fingerprint density at radius 1 is 1.40 bits per heavy atom. The minimum atomic E-state index is -0.0249. The van der Waals surface area contributed by atoms with Crippen LogP contribution in [0.5, 0.6) is 0 Å². The van der Waals surface area contributed by atoms with Gasteiger partial charge in [0.1, 0.15) is 17.0 Å². The molecule has 0 aliphatic carbocycles. The van der Waals surface area contributed by atoms with Crippen molar-refractivity contribution in [3.05, 3.63) is 57.6 Å². The fourth-order valence-corrected chi connectivity index (χ4v) is 4.45. The highest BCUT2D eigenvalue weighted by Crippen LogP contribution is 2.37. The number of hydrogen-bond acceptors (Lipinski definition) is 5. The van der Waals surface area contributed by atoms with Crippen molar-refractivity contribution in [3.63, 3.8) is 0 Å². The number of aromatic nitrogens is 2. The van der Waals surface area contributed by atoms with Crippen LogP contribution < -0.4 is 0 Å². The molecule has 0 fully saturated rings. The van der Waals surface area contributed by atoms with E-state index in [4.69, 9.17) is 4.52 Å². The summed E-state index contributed by atoms with van der Waals surface area (Å²) >= 11 is 1.78. The van der Waals surface area contributed by atoms with Crippen LogP contribution in [-0.2, 0) is 6.42 Å². The average molecular weight is 353 g/mol. The molecule has 128 valence electrons. The predicted octanol–water partition coefficient (Wildman–Crippen LogP) is 4.26. The monoisotopic (exact) mass is 353 g/mol. The summed E-state index contributed by atoms with van der Waals surface area (Å²) < 4.78 is 5.35. The molecule has 0 N–H and O–H groups in total. The Morgan fingerprint density at radius 2 is 2.28 bits per heavy atom. The van der Waals surface area contributed by atoms with E-state index in [1.54, 1.807) is 24.5 Å². The van der Waals surface area contributed by atoms with E-state index in [1.165, 1.54) is 10.4 Å². The first-order valence-corrected chi connectivity index (χ1v) is 9.33. The first kappa shape index (κ1) is 16.0. The quantitative estimate of drug-likeness (QED) is 0.706. The molecular formula is C19H19N3O2S. The number of nitrogens with zero attached hydrogens (tertiary/aromatic N) is 3. The maximum Gasteiger partial charge on any atom is 0.260 e. The Hall–Kier alpha value is -2.47. The minimum absolute atomic E-state index is 0.0249. The predicted molar refractivity (Wildman–Crippen MR) is 96.6 cm³/mol. The van der Waals surface area contributed by atoms with Gasteiger partial charge in [-0.3, -0.25) is 9.78 Å². The third kappa shape index (κ3) is 2.66. The van der Waals surface area contributed by atoms with Crippen molar-refractivity contribution in [2.24, 2.45) is 0 Å². The highest BCUT2D eigenvalue weighted by Gasteiger charge is 2.34. The van der Waals surface area contributed by atoms with Gasteiger partial charge < -0.3 is 9.42 Å². The van der Waals surface area contributed by atoms with E-state index >= 15 is 0 Å². The molecule has 1 aliphatic rings. The van der Waals surface area contributed by atoms with Crippen molar-refractivity contribution < 1.29 is 9.32 Å². The van der Waals surface area contributed by atoms with E-state index in [0.717, 1.165) is 19.4 Å². The third-order valence-electron chi connectivity index (χ3n) is 4.73. The zero-order chi connectivity index (χ0) is 17.4. The van der Waals surface area contributed by atoms with Gasteiger partial charge in [-0.1, -0.05) is 18.1 Å². The van der Waals surface area contributed by atoms with Crippen molar-refractivity contribution in [1.82, 2.24) is 15.0 Å². The van der Waals surface area contributed by atoms with Gasteiger partial charge in [0.15, 0.2) is 0 Å². The number of thiophene rings is 1. The molecule has 3 aromatic rings. The molecule has 0 radical (unpaired) electrons. The van der Waals surface area contributed by atoms with Gasteiger partial charge in [0, 0.05) is 17.6 Å². The van der Waals surface area contributed by atoms with Crippen molar-refractivity contribution in [3.8, 4) is 11.4 Å². The smallest absolute Gasteiger partial charge is 0.260 e. The lowest BCUT2D eigenvalue weighted by Gasteiger charge is -2.35. The number of aryl methyl sites for hydroxylation is 1. The molecule has 1 atom stereocenters. The second-order valence-corrected chi connectivity index (χ2v) is 7.15. The summed E-state index contributed by atoms with van der Waals surface area (Å²) in [5.41, 5.74) is 2.98. The molecule has 0 bridgehead atoms. The number of carbonyl (C=O) groups is 1. The zero-order valence-electron chi connectivity index (χ0n) is 14.2. The van der Waals surface area contributed by atoms with Gasteiger partial charge in [0.05, 0.1) is 11.7 Å². The van der Waals surface area contributed by atoms with Crippen LogP contribution in [0.2, 0.25) is 0 Å². The van der Waals surface area contributed by atoms with Crippen LogP contribution in [0.3, 0.4) is 0 Å². The summed E-state index contributed by atoms with van der Waals surface area (Å²) in [5.74, 6) is 0.514. The standard InChI is InChI=1S/C19H19N3O2S/c1-3-15-13-8-11-25-16(13)7-10-22(15)19(23)17-12(2)24-21-18(17)14-6-4-5-9-20-14/h4-6,8-9,11,15H,3,7,10H2,1-2H3. The van der Waals surface area contributed by atoms with Crippen LogP contribution in [0, 0.1) is 6.92 Å². The van der Waals surface area contributed by atoms with Gasteiger partial charge in [-0.25, -0.2) is 0 Å². The molecule has 3 aromatic heterocycles. The van der Waals surface area contributed by atoms with Crippen molar-refractivity contribution in [2.45, 2.75) is 32.7 Å². The summed E-state index contributed by atoms with van der Waals surface area (Å²) in [6.07, 6.45) is 3.48. The van der Waals surface area contributed by atoms with Gasteiger partial charge in [-0.15, -0.1) is 11.3 Å². The molecule has 1 aliphatic heterocycles. The number of rotatable bonds is 3. The van der Waals surface area contributed by atoms with E-state index in [2.05, 4.69) is 28.5 Å². The molecule has 0 spiro atoms. The van der Waals surface area contributed by atoms with E-state index in [1.807, 2.05) is 23.1 Å². The Balaban J connectivity index is 1.74. The molecular weight excluding hydrogens is 334 g/mol. The molecule has 5 nitrogen and oxygen atoms in total. The van der Waals surface area contributed by atoms with Crippen LogP contribution in [-0.4, -0.2) is 27.5 Å². The fourth-order valence-electron chi connectivity index (χ4n) is 3.53. The van der Waals surface area contributed by atoms with E-state index in [-0.39, 0.29) is 11.9 Å². The first-order valence-electron chi connectivity index (χ1n) is 8.45. The van der Waals surface area contributed by atoms with Crippen LogP contribution >= 0.6 is 11.3 Å². The number of amides is 1. The van der Waals surface area contributed by atoms with E-state index in [9.17, 15) is 4.79 Å². The lowest BCUT2D eigenvalue weighted by Crippen LogP contribution is -2.39. The molecule has 1 amide bonds. The second-order valence-electron chi connectivity index (χ2n) is 6.15. The lowest BCUT2D eigenvalue weighted by molar-refractivity contribution is 0.0656. The molecule has 0 saturated heterocycles. The largest absolute Gasteiger partial charge is 0.360 e. The van der Waals surface area contributed by atoms with Gasteiger partial charge in [0.25, 0.3) is 5.91 Å². The average Bonchev–Trinajstić information content (AvgIpc) is 3.27. The molecule has 1 unspecified atom stereocenters. The molecule has 6 heteroatoms. The summed E-state index contributed by atoms with van der Waals surface area (Å²) in [5, 5.41) is 6.22. The minimum Gasteiger partial charge on any atom is -0.360 e. The highest BCUT2D eigenvalue weighted by atomic mass is 32.1. The summed E-state index contributed by atoms with van der Waals surface area (Å²) in [7, 11) is 0. The second kappa shape index (κ2) is 6.44. The molecule has 4 rings (SSSR count). The van der Waals surface area contributed by atoms with Crippen molar-refractivity contribution in [2.75, 3.05) is 6.54 Å². The normalized spacial score (nSPS) is 16.7. The van der Waals surface area contributed by atoms with Crippen molar-refractivity contribution in [1.29, 1.82) is 0 Å². The zero-order valence-corrected chi connectivity index (χ0v) is 15.0. The molecule has 0 aromatic carbocycles. The number of pyridine rings is 1. The summed E-state index contributed by atoms with van der Waals surface area (Å²) in [4.78, 5) is 21.1. The van der Waals surface area contributed by atoms with Gasteiger partial charge in [0.2, 0.25) is 0 Å². The number of fused-ring (bicyclic) bond motifs is 1. The van der Waals surface area contributed by atoms with Gasteiger partial charge >= 0.3 is 0 Å². The molecule has 4 heterocycles. The van der Waals surface area contributed by atoms with E-state index < -0.39 is 0 Å². The van der Waals surface area contributed by atoms with Crippen LogP contribution in [0.4, 0.5) is 0 Å². The SMILES string of the molecule is CCC1c2ccsc2CCN1C(=O)c1c(-c2ccccn2)noc1C. The third-order valence-corrected chi connectivity index (χ3v) is 5.72. The Morgan fingerprint density at radius 3 is 3.04 bits per heavy atom. The number of hydrogen-bond donors (Lipinski definition) is 0. The summed E-state index contributed by atoms with van der Waals surface area (Å²) in [6.45, 7) is 4.63. The summed E-state index contributed by atoms with van der Waals surface area (Å²) in [6, 6.07) is 7.82. The Kier molecular flexibility index (Phi) is 4.13. The Labute approximate surface area is 150 Å². The van der Waals surface area contributed by atoms with Gasteiger partial charge in [-0.05, 0) is 48.9 Å². The lowest BCUT2D eigenvalue weighted by atomic mass is 9.96. The van der Waals surface area contributed by atoms with Crippen LogP contribution in [0.15, 0.2) is 40.4 Å². The highest BCUT2D eigenvalue weighted by molar-refractivity contribution is 7.10. The topological polar surface area (TPSA) is 59.2 Å². The Bertz CT molecular complexity index is 901.